The van der Waals surface area contributed by atoms with Crippen molar-refractivity contribution in [2.75, 3.05) is 18.4 Å². The molecule has 0 saturated carbocycles. The van der Waals surface area contributed by atoms with Crippen molar-refractivity contribution in [3.05, 3.63) is 46.3 Å². The van der Waals surface area contributed by atoms with Crippen LogP contribution in [0.1, 0.15) is 29.5 Å². The highest BCUT2D eigenvalue weighted by atomic mass is 32.2. The molecule has 0 aliphatic carbocycles. The lowest BCUT2D eigenvalue weighted by atomic mass is 9.98. The highest BCUT2D eigenvalue weighted by Gasteiger charge is 2.34. The SMILES string of the molecule is Cc1cc(C)c(NC(=O)[C@H]2CCCN(S(=O)(=O)c3cccs3)C2)c(C)c1. The molecule has 5 nitrogen and oxygen atoms in total. The van der Waals surface area contributed by atoms with Crippen LogP contribution in [0.15, 0.2) is 33.9 Å². The first-order valence-corrected chi connectivity index (χ1v) is 11.0. The minimum Gasteiger partial charge on any atom is -0.325 e. The maximum atomic E-state index is 12.8. The summed E-state index contributed by atoms with van der Waals surface area (Å²) in [4.78, 5) is 12.8. The summed E-state index contributed by atoms with van der Waals surface area (Å²) in [6.45, 7) is 6.68. The monoisotopic (exact) mass is 392 g/mol. The topological polar surface area (TPSA) is 66.5 Å². The number of sulfonamides is 1. The molecule has 1 N–H and O–H groups in total. The number of aryl methyl sites for hydroxylation is 3. The largest absolute Gasteiger partial charge is 0.325 e. The highest BCUT2D eigenvalue weighted by Crippen LogP contribution is 2.28. The second-order valence-corrected chi connectivity index (χ2v) is 10.0. The summed E-state index contributed by atoms with van der Waals surface area (Å²) < 4.78 is 27.2. The van der Waals surface area contributed by atoms with E-state index < -0.39 is 10.0 Å². The minimum atomic E-state index is -3.51. The summed E-state index contributed by atoms with van der Waals surface area (Å²) >= 11 is 1.21. The Hall–Kier alpha value is -1.70. The van der Waals surface area contributed by atoms with E-state index in [9.17, 15) is 13.2 Å². The summed E-state index contributed by atoms with van der Waals surface area (Å²) in [5.41, 5.74) is 4.03. The number of thiophene rings is 1. The number of benzene rings is 1. The van der Waals surface area contributed by atoms with E-state index in [1.165, 1.54) is 15.6 Å². The van der Waals surface area contributed by atoms with Gasteiger partial charge in [-0.3, -0.25) is 4.79 Å². The Balaban J connectivity index is 1.75. The van der Waals surface area contributed by atoms with Crippen LogP contribution >= 0.6 is 11.3 Å². The lowest BCUT2D eigenvalue weighted by Gasteiger charge is -2.31. The zero-order valence-electron chi connectivity index (χ0n) is 15.3. The molecule has 1 aromatic heterocycles. The number of nitrogens with zero attached hydrogens (tertiary/aromatic N) is 1. The van der Waals surface area contributed by atoms with Crippen LogP contribution in [-0.4, -0.2) is 31.7 Å². The van der Waals surface area contributed by atoms with Gasteiger partial charge in [0.25, 0.3) is 10.0 Å². The first kappa shape index (κ1) is 19.1. The Kier molecular flexibility index (Phi) is 5.50. The fourth-order valence-corrected chi connectivity index (χ4v) is 6.18. The molecule has 1 fully saturated rings. The van der Waals surface area contributed by atoms with E-state index in [1.54, 1.807) is 17.5 Å². The molecule has 2 heterocycles. The first-order chi connectivity index (χ1) is 12.3. The average molecular weight is 393 g/mol. The third-order valence-electron chi connectivity index (χ3n) is 4.77. The van der Waals surface area contributed by atoms with Crippen LogP contribution in [0.25, 0.3) is 0 Å². The summed E-state index contributed by atoms with van der Waals surface area (Å²) in [6.07, 6.45) is 1.39. The highest BCUT2D eigenvalue weighted by molar-refractivity contribution is 7.91. The Morgan fingerprint density at radius 1 is 1.23 bits per heavy atom. The Morgan fingerprint density at radius 3 is 2.54 bits per heavy atom. The van der Waals surface area contributed by atoms with Crippen LogP contribution in [0.3, 0.4) is 0 Å². The summed E-state index contributed by atoms with van der Waals surface area (Å²) in [6, 6.07) is 7.42. The van der Waals surface area contributed by atoms with Crippen molar-refractivity contribution >= 4 is 33.0 Å². The maximum absolute atomic E-state index is 12.8. The molecule has 1 saturated heterocycles. The predicted molar refractivity (Wildman–Crippen MR) is 105 cm³/mol. The fourth-order valence-electron chi connectivity index (χ4n) is 3.51. The van der Waals surface area contributed by atoms with Gasteiger partial charge in [0.1, 0.15) is 4.21 Å². The third kappa shape index (κ3) is 3.84. The number of anilines is 1. The molecular formula is C19H24N2O3S2. The van der Waals surface area contributed by atoms with Crippen molar-refractivity contribution < 1.29 is 13.2 Å². The lowest BCUT2D eigenvalue weighted by molar-refractivity contribution is -0.120. The van der Waals surface area contributed by atoms with Gasteiger partial charge in [0, 0.05) is 18.8 Å². The first-order valence-electron chi connectivity index (χ1n) is 8.71. The average Bonchev–Trinajstić information content (AvgIpc) is 3.13. The quantitative estimate of drug-likeness (QED) is 0.862. The lowest BCUT2D eigenvalue weighted by Crippen LogP contribution is -2.43. The molecule has 1 aromatic carbocycles. The van der Waals surface area contributed by atoms with Gasteiger partial charge in [0.15, 0.2) is 0 Å². The number of piperidine rings is 1. The van der Waals surface area contributed by atoms with Gasteiger partial charge in [-0.1, -0.05) is 23.8 Å². The molecular weight excluding hydrogens is 368 g/mol. The van der Waals surface area contributed by atoms with E-state index in [-0.39, 0.29) is 18.4 Å². The molecule has 1 aliphatic rings. The van der Waals surface area contributed by atoms with Crippen LogP contribution in [0.4, 0.5) is 5.69 Å². The summed E-state index contributed by atoms with van der Waals surface area (Å²) in [7, 11) is -3.51. The zero-order valence-corrected chi connectivity index (χ0v) is 16.9. The van der Waals surface area contributed by atoms with E-state index in [4.69, 9.17) is 0 Å². The summed E-state index contributed by atoms with van der Waals surface area (Å²) in [5, 5.41) is 4.78. The molecule has 0 spiro atoms. The molecule has 0 unspecified atom stereocenters. The van der Waals surface area contributed by atoms with Gasteiger partial charge >= 0.3 is 0 Å². The zero-order chi connectivity index (χ0) is 18.9. The number of hydrogen-bond donors (Lipinski definition) is 1. The van der Waals surface area contributed by atoms with Crippen molar-refractivity contribution in [2.45, 2.75) is 37.8 Å². The molecule has 2 aromatic rings. The number of amides is 1. The van der Waals surface area contributed by atoms with E-state index >= 15 is 0 Å². The van der Waals surface area contributed by atoms with Crippen molar-refractivity contribution in [1.29, 1.82) is 0 Å². The molecule has 1 aliphatic heterocycles. The molecule has 26 heavy (non-hydrogen) atoms. The fraction of sp³-hybridized carbons (Fsp3) is 0.421. The molecule has 1 amide bonds. The van der Waals surface area contributed by atoms with Gasteiger partial charge in [0.2, 0.25) is 5.91 Å². The van der Waals surface area contributed by atoms with Gasteiger partial charge in [0.05, 0.1) is 5.92 Å². The Morgan fingerprint density at radius 2 is 1.92 bits per heavy atom. The normalized spacial score (nSPS) is 18.7. The molecule has 0 radical (unpaired) electrons. The smallest absolute Gasteiger partial charge is 0.252 e. The third-order valence-corrected chi connectivity index (χ3v) is 8.01. The second kappa shape index (κ2) is 7.50. The molecule has 1 atom stereocenters. The van der Waals surface area contributed by atoms with Crippen LogP contribution in [0, 0.1) is 26.7 Å². The molecule has 7 heteroatoms. The van der Waals surface area contributed by atoms with Gasteiger partial charge in [-0.05, 0) is 56.2 Å². The number of carbonyl (C=O) groups is 1. The standard InChI is InChI=1S/C19H24N2O3S2/c1-13-10-14(2)18(15(3)11-13)20-19(22)16-6-4-8-21(12-16)26(23,24)17-7-5-9-25-17/h5,7,9-11,16H,4,6,8,12H2,1-3H3,(H,20,22)/t16-/m0/s1. The number of hydrogen-bond acceptors (Lipinski definition) is 4. The van der Waals surface area contributed by atoms with E-state index in [2.05, 4.69) is 5.32 Å². The number of carbonyl (C=O) groups excluding carboxylic acids is 1. The number of rotatable bonds is 4. The van der Waals surface area contributed by atoms with Crippen molar-refractivity contribution in [2.24, 2.45) is 5.92 Å². The van der Waals surface area contributed by atoms with Crippen molar-refractivity contribution in [3.8, 4) is 0 Å². The Labute approximate surface area is 159 Å². The van der Waals surface area contributed by atoms with Crippen molar-refractivity contribution in [3.63, 3.8) is 0 Å². The van der Waals surface area contributed by atoms with E-state index in [0.717, 1.165) is 22.4 Å². The minimum absolute atomic E-state index is 0.105. The van der Waals surface area contributed by atoms with Crippen LogP contribution in [0.2, 0.25) is 0 Å². The predicted octanol–water partition coefficient (Wildman–Crippen LogP) is 3.71. The van der Waals surface area contributed by atoms with Crippen molar-refractivity contribution in [1.82, 2.24) is 4.31 Å². The number of nitrogens with one attached hydrogen (secondary N) is 1. The Bertz CT molecular complexity index is 882. The van der Waals surface area contributed by atoms with Gasteiger partial charge in [-0.25, -0.2) is 8.42 Å². The molecule has 3 rings (SSSR count). The van der Waals surface area contributed by atoms with E-state index in [1.807, 2.05) is 32.9 Å². The van der Waals surface area contributed by atoms with Gasteiger partial charge in [-0.15, -0.1) is 11.3 Å². The maximum Gasteiger partial charge on any atom is 0.252 e. The van der Waals surface area contributed by atoms with Crippen LogP contribution < -0.4 is 5.32 Å². The molecule has 0 bridgehead atoms. The summed E-state index contributed by atoms with van der Waals surface area (Å²) in [5.74, 6) is -0.440. The second-order valence-electron chi connectivity index (χ2n) is 6.90. The van der Waals surface area contributed by atoms with E-state index in [0.29, 0.717) is 23.6 Å². The van der Waals surface area contributed by atoms with Crippen LogP contribution in [0.5, 0.6) is 0 Å². The van der Waals surface area contributed by atoms with Crippen LogP contribution in [-0.2, 0) is 14.8 Å². The molecule has 140 valence electrons. The van der Waals surface area contributed by atoms with Gasteiger partial charge in [-0.2, -0.15) is 4.31 Å². The van der Waals surface area contributed by atoms with Gasteiger partial charge < -0.3 is 5.32 Å².